The summed E-state index contributed by atoms with van der Waals surface area (Å²) in [4.78, 5) is 13.4. The van der Waals surface area contributed by atoms with Gasteiger partial charge in [0.25, 0.3) is 0 Å². The van der Waals surface area contributed by atoms with Crippen molar-refractivity contribution in [3.05, 3.63) is 46.5 Å². The van der Waals surface area contributed by atoms with Crippen molar-refractivity contribution in [3.8, 4) is 28.7 Å². The van der Waals surface area contributed by atoms with Gasteiger partial charge in [0.2, 0.25) is 18.8 Å². The maximum atomic E-state index is 13.4. The van der Waals surface area contributed by atoms with Crippen LogP contribution in [-0.4, -0.2) is 92.5 Å². The van der Waals surface area contributed by atoms with Crippen LogP contribution in [0.3, 0.4) is 0 Å². The molecule has 42 heavy (non-hydrogen) atoms. The quantitative estimate of drug-likeness (QED) is 0.432. The molecule has 0 spiro atoms. The van der Waals surface area contributed by atoms with Crippen molar-refractivity contribution in [3.63, 3.8) is 0 Å². The number of hydrogen-bond donors (Lipinski definition) is 3. The average Bonchev–Trinajstić information content (AvgIpc) is 3.61. The Labute approximate surface area is 240 Å². The monoisotopic (exact) mass is 586 g/mol. The van der Waals surface area contributed by atoms with Crippen molar-refractivity contribution in [1.29, 1.82) is 0 Å². The van der Waals surface area contributed by atoms with Gasteiger partial charge < -0.3 is 58.0 Å². The number of esters is 1. The van der Waals surface area contributed by atoms with Crippen LogP contribution in [-0.2, 0) is 28.5 Å². The average molecular weight is 587 g/mol. The maximum Gasteiger partial charge on any atom is 0.314 e. The molecule has 4 aliphatic heterocycles. The minimum Gasteiger partial charge on any atom is -0.502 e. The largest absolute Gasteiger partial charge is 0.502 e. The van der Waals surface area contributed by atoms with Gasteiger partial charge in [-0.05, 0) is 42.3 Å². The van der Waals surface area contributed by atoms with Crippen LogP contribution in [0.1, 0.15) is 29.5 Å². The van der Waals surface area contributed by atoms with Crippen molar-refractivity contribution >= 4 is 11.7 Å². The molecule has 5 aliphatic rings. The number of aromatic hydroxyl groups is 1. The first-order chi connectivity index (χ1) is 20.3. The minimum atomic E-state index is -1.47. The van der Waals surface area contributed by atoms with Crippen molar-refractivity contribution < 1.29 is 62.7 Å². The van der Waals surface area contributed by atoms with E-state index < -0.39 is 54.8 Å². The van der Waals surface area contributed by atoms with Crippen molar-refractivity contribution in [2.45, 2.75) is 49.8 Å². The molecule has 0 aromatic heterocycles. The number of hydrogen-bond acceptors (Lipinski definition) is 13. The molecule has 2 aromatic rings. The molecule has 224 valence electrons. The summed E-state index contributed by atoms with van der Waals surface area (Å²) in [6, 6.07) is 6.79. The number of fused-ring (bicyclic) bond motifs is 4. The summed E-state index contributed by atoms with van der Waals surface area (Å²) >= 11 is 0. The summed E-state index contributed by atoms with van der Waals surface area (Å²) < 4.78 is 51.2. The molecule has 0 bridgehead atoms. The molecule has 0 saturated carbocycles. The molecule has 8 atom stereocenters. The second-order valence-electron chi connectivity index (χ2n) is 10.6. The molecule has 13 nitrogen and oxygen atoms in total. The van der Waals surface area contributed by atoms with Crippen molar-refractivity contribution in [2.24, 2.45) is 5.92 Å². The predicted molar refractivity (Wildman–Crippen MR) is 139 cm³/mol. The number of phenols is 1. The molecule has 7 rings (SSSR count). The van der Waals surface area contributed by atoms with Crippen LogP contribution in [0.25, 0.3) is 5.76 Å². The van der Waals surface area contributed by atoms with Crippen LogP contribution < -0.4 is 18.9 Å². The van der Waals surface area contributed by atoms with Crippen LogP contribution >= 0.6 is 0 Å². The Morgan fingerprint density at radius 1 is 0.905 bits per heavy atom. The van der Waals surface area contributed by atoms with Crippen LogP contribution in [0, 0.1) is 5.92 Å². The van der Waals surface area contributed by atoms with Gasteiger partial charge in [0.05, 0.1) is 26.7 Å². The molecular weight excluding hydrogens is 556 g/mol. The molecule has 3 fully saturated rings. The number of ether oxygens (including phenoxy) is 9. The van der Waals surface area contributed by atoms with E-state index in [0.29, 0.717) is 33.8 Å². The summed E-state index contributed by atoms with van der Waals surface area (Å²) in [6.07, 6.45) is -6.16. The lowest BCUT2D eigenvalue weighted by atomic mass is 9.71. The summed E-state index contributed by atoms with van der Waals surface area (Å²) in [5.74, 6) is -0.595. The van der Waals surface area contributed by atoms with Crippen molar-refractivity contribution in [1.82, 2.24) is 0 Å². The molecule has 4 heterocycles. The second-order valence-corrected chi connectivity index (χ2v) is 10.6. The number of carbonyl (C=O) groups excluding carboxylic acids is 1. The normalized spacial score (nSPS) is 32.9. The number of phenolic OH excluding ortho intramolecular Hbond substituents is 1. The smallest absolute Gasteiger partial charge is 0.314 e. The zero-order valence-electron chi connectivity index (χ0n) is 23.0. The molecule has 0 amide bonds. The van der Waals surface area contributed by atoms with E-state index in [1.165, 1.54) is 14.2 Å². The maximum absolute atomic E-state index is 13.4. The Balaban J connectivity index is 1.35. The van der Waals surface area contributed by atoms with E-state index in [0.717, 1.165) is 0 Å². The Hall–Kier alpha value is -3.75. The van der Waals surface area contributed by atoms with Crippen molar-refractivity contribution in [2.75, 3.05) is 34.2 Å². The number of benzene rings is 2. The molecule has 2 unspecified atom stereocenters. The summed E-state index contributed by atoms with van der Waals surface area (Å²) in [6.45, 7) is 1.77. The van der Waals surface area contributed by atoms with E-state index in [4.69, 9.17) is 42.6 Å². The standard InChI is InChI=1S/C29H30O13/c1-11-36-9-20-27(40-11)24(31)25(32)29(41-20)42-26-14-7-17-16(38-10-39-17)6-13(14)21(22-15(26)8-37-28(22)33)12-4-18(34-2)23(30)19(5-12)35-3/h4-7,11,20-22,24-25,27,29-32H,8-10H2,1-3H3/t11-,20?,21-,22+,24?,25+,27-,29+/m1/s1. The summed E-state index contributed by atoms with van der Waals surface area (Å²) in [7, 11) is 2.84. The zero-order valence-corrected chi connectivity index (χ0v) is 23.0. The Morgan fingerprint density at radius 2 is 1.62 bits per heavy atom. The lowest BCUT2D eigenvalue weighted by Gasteiger charge is -2.46. The highest BCUT2D eigenvalue weighted by Gasteiger charge is 2.52. The number of aliphatic hydroxyl groups excluding tert-OH is 2. The minimum absolute atomic E-state index is 0.0140. The van der Waals surface area contributed by atoms with Crippen LogP contribution in [0.2, 0.25) is 0 Å². The van der Waals surface area contributed by atoms with Crippen LogP contribution in [0.15, 0.2) is 29.8 Å². The van der Waals surface area contributed by atoms with Gasteiger partial charge in [-0.3, -0.25) is 4.79 Å². The first-order valence-electron chi connectivity index (χ1n) is 13.5. The van der Waals surface area contributed by atoms with E-state index in [9.17, 15) is 20.1 Å². The Bertz CT molecular complexity index is 1430. The number of aliphatic hydroxyl groups is 2. The second kappa shape index (κ2) is 10.2. The third kappa shape index (κ3) is 4.14. The summed E-state index contributed by atoms with van der Waals surface area (Å²) in [5, 5.41) is 32.5. The topological polar surface area (TPSA) is 161 Å². The van der Waals surface area contributed by atoms with E-state index in [2.05, 4.69) is 0 Å². The van der Waals surface area contributed by atoms with Crippen LogP contribution in [0.4, 0.5) is 0 Å². The first kappa shape index (κ1) is 27.1. The van der Waals surface area contributed by atoms with Gasteiger partial charge in [0.15, 0.2) is 29.3 Å². The molecule has 1 aliphatic carbocycles. The molecule has 3 N–H and O–H groups in total. The van der Waals surface area contributed by atoms with Crippen LogP contribution in [0.5, 0.6) is 28.7 Å². The highest BCUT2D eigenvalue weighted by Crippen LogP contribution is 2.54. The van der Waals surface area contributed by atoms with E-state index in [1.807, 2.05) is 0 Å². The molecule has 13 heteroatoms. The van der Waals surface area contributed by atoms with E-state index in [1.54, 1.807) is 31.2 Å². The lowest BCUT2D eigenvalue weighted by molar-refractivity contribution is -0.347. The van der Waals surface area contributed by atoms with Gasteiger partial charge in [-0.1, -0.05) is 0 Å². The fourth-order valence-electron chi connectivity index (χ4n) is 6.30. The van der Waals surface area contributed by atoms with Gasteiger partial charge in [-0.15, -0.1) is 0 Å². The zero-order chi connectivity index (χ0) is 29.3. The van der Waals surface area contributed by atoms with E-state index >= 15 is 0 Å². The highest BCUT2D eigenvalue weighted by atomic mass is 16.8. The fraction of sp³-hybridized carbons (Fsp3) is 0.483. The van der Waals surface area contributed by atoms with E-state index in [-0.39, 0.29) is 43.0 Å². The molecule has 2 aromatic carbocycles. The highest BCUT2D eigenvalue weighted by molar-refractivity contribution is 5.89. The van der Waals surface area contributed by atoms with Gasteiger partial charge in [0.1, 0.15) is 36.8 Å². The third-order valence-corrected chi connectivity index (χ3v) is 8.33. The fourth-order valence-corrected chi connectivity index (χ4v) is 6.30. The van der Waals surface area contributed by atoms with Gasteiger partial charge >= 0.3 is 5.97 Å². The summed E-state index contributed by atoms with van der Waals surface area (Å²) in [5.41, 5.74) is 2.31. The lowest BCUT2D eigenvalue weighted by Crippen LogP contribution is -2.62. The number of rotatable bonds is 5. The molecule has 3 saturated heterocycles. The third-order valence-electron chi connectivity index (χ3n) is 8.33. The van der Waals surface area contributed by atoms with Gasteiger partial charge in [-0.25, -0.2) is 0 Å². The number of cyclic esters (lactones) is 1. The Morgan fingerprint density at radius 3 is 2.33 bits per heavy atom. The number of methoxy groups -OCH3 is 2. The molecular formula is C29H30O13. The Kier molecular flexibility index (Phi) is 6.59. The van der Waals surface area contributed by atoms with Gasteiger partial charge in [-0.2, -0.15) is 0 Å². The molecule has 0 radical (unpaired) electrons. The first-order valence-corrected chi connectivity index (χ1v) is 13.5. The van der Waals surface area contributed by atoms with Gasteiger partial charge in [0, 0.05) is 17.1 Å². The SMILES string of the molecule is COc1cc([C@@H]2c3cc4c(cc3C(O[C@@H]3OC5CO[C@@H](C)O[C@H]5C(O)[C@@H]3O)=C3COC(=O)[C@@H]32)OCO4)cc(OC)c1O. The number of carbonyl (C=O) groups is 1. The predicted octanol–water partition coefficient (Wildman–Crippen LogP) is 1.39.